The maximum Gasteiger partial charge on any atom is 0.0556 e. The van der Waals surface area contributed by atoms with Crippen LogP contribution in [0.15, 0.2) is 218 Å². The highest BCUT2D eigenvalue weighted by molar-refractivity contribution is 7.28. The fourth-order valence-corrected chi connectivity index (χ4v) is 12.1. The van der Waals surface area contributed by atoms with Gasteiger partial charge in [0.05, 0.1) is 11.0 Å². The molecule has 0 aliphatic carbocycles. The standard InChI is InChI=1S/C58H36N2S2/c1-2-10-37(11-3-1)39-18-25-43(26-19-39)59(46-31-24-38-12-4-5-13-42(38)36-46)44-27-20-40(21-28-44)41-22-29-45(30-23-41)60-51-34-32-49-47-14-6-8-16-53(47)61-57(49)55(51)56-52(60)35-33-50-48-15-7-9-17-54(48)62-58(50)56/h1-36H. The van der Waals surface area contributed by atoms with Crippen molar-refractivity contribution in [1.82, 2.24) is 4.57 Å². The molecule has 0 amide bonds. The fraction of sp³-hybridized carbons (Fsp3) is 0. The van der Waals surface area contributed by atoms with Gasteiger partial charge in [-0.1, -0.05) is 146 Å². The van der Waals surface area contributed by atoms with Crippen LogP contribution in [0.1, 0.15) is 0 Å². The molecule has 0 radical (unpaired) electrons. The maximum absolute atomic E-state index is 2.48. The second-order valence-corrected chi connectivity index (χ2v) is 18.2. The molecule has 10 aromatic carbocycles. The van der Waals surface area contributed by atoms with Crippen LogP contribution in [0.3, 0.4) is 0 Å². The van der Waals surface area contributed by atoms with E-state index in [0.717, 1.165) is 22.7 Å². The van der Waals surface area contributed by atoms with Gasteiger partial charge >= 0.3 is 0 Å². The molecule has 0 aliphatic rings. The van der Waals surface area contributed by atoms with Gasteiger partial charge in [-0.05, 0) is 106 Å². The number of aromatic nitrogens is 1. The molecule has 13 aromatic rings. The van der Waals surface area contributed by atoms with Crippen molar-refractivity contribution in [3.63, 3.8) is 0 Å². The summed E-state index contributed by atoms with van der Waals surface area (Å²) in [5, 5.41) is 10.5. The highest BCUT2D eigenvalue weighted by atomic mass is 32.1. The van der Waals surface area contributed by atoms with Crippen LogP contribution >= 0.6 is 22.7 Å². The maximum atomic E-state index is 2.48. The lowest BCUT2D eigenvalue weighted by atomic mass is 10.0. The Morgan fingerprint density at radius 2 is 0.774 bits per heavy atom. The number of fused-ring (bicyclic) bond motifs is 12. The minimum Gasteiger partial charge on any atom is -0.310 e. The fourth-order valence-electron chi connectivity index (χ4n) is 9.62. The Morgan fingerprint density at radius 3 is 1.34 bits per heavy atom. The Balaban J connectivity index is 0.911. The lowest BCUT2D eigenvalue weighted by Crippen LogP contribution is -2.09. The second-order valence-electron chi connectivity index (χ2n) is 16.1. The van der Waals surface area contributed by atoms with Crippen molar-refractivity contribution >= 4 is 113 Å². The predicted octanol–water partition coefficient (Wildman–Crippen LogP) is 17.5. The largest absolute Gasteiger partial charge is 0.310 e. The van der Waals surface area contributed by atoms with Crippen LogP contribution in [0.4, 0.5) is 17.1 Å². The van der Waals surface area contributed by atoms with Gasteiger partial charge < -0.3 is 9.47 Å². The summed E-state index contributed by atoms with van der Waals surface area (Å²) in [5.74, 6) is 0. The normalized spacial score (nSPS) is 11.9. The average Bonchev–Trinajstić information content (AvgIpc) is 4.02. The first-order valence-electron chi connectivity index (χ1n) is 21.1. The first kappa shape index (κ1) is 35.3. The molecule has 290 valence electrons. The van der Waals surface area contributed by atoms with Gasteiger partial charge in [0.1, 0.15) is 0 Å². The van der Waals surface area contributed by atoms with E-state index in [-0.39, 0.29) is 0 Å². The van der Waals surface area contributed by atoms with Crippen LogP contribution in [-0.2, 0) is 0 Å². The third kappa shape index (κ3) is 5.54. The van der Waals surface area contributed by atoms with Gasteiger partial charge in [0, 0.05) is 73.9 Å². The van der Waals surface area contributed by atoms with E-state index in [4.69, 9.17) is 0 Å². The van der Waals surface area contributed by atoms with Crippen molar-refractivity contribution in [2.24, 2.45) is 0 Å². The lowest BCUT2D eigenvalue weighted by molar-refractivity contribution is 1.18. The first-order chi connectivity index (χ1) is 30.7. The SMILES string of the molecule is c1ccc(-c2ccc(N(c3ccc(-c4ccc(-n5c6ccc7c8ccccc8sc7c6c6c7sc8ccccc8c7ccc65)cc4)cc3)c3ccc4ccccc4c3)cc2)cc1. The number of thiophene rings is 2. The zero-order valence-corrected chi connectivity index (χ0v) is 35.1. The molecule has 0 saturated heterocycles. The monoisotopic (exact) mass is 824 g/mol. The topological polar surface area (TPSA) is 8.17 Å². The van der Waals surface area contributed by atoms with Gasteiger partial charge in [0.25, 0.3) is 0 Å². The Hall–Kier alpha value is -7.50. The molecule has 62 heavy (non-hydrogen) atoms. The molecule has 3 heterocycles. The molecule has 4 heteroatoms. The van der Waals surface area contributed by atoms with Gasteiger partial charge in [-0.3, -0.25) is 0 Å². The predicted molar refractivity (Wildman–Crippen MR) is 270 cm³/mol. The van der Waals surface area contributed by atoms with E-state index >= 15 is 0 Å². The molecule has 2 nitrogen and oxygen atoms in total. The number of rotatable bonds is 6. The second kappa shape index (κ2) is 14.0. The number of hydrogen-bond donors (Lipinski definition) is 0. The Kier molecular flexibility index (Phi) is 7.99. The minimum absolute atomic E-state index is 1.11. The Morgan fingerprint density at radius 1 is 0.323 bits per heavy atom. The van der Waals surface area contributed by atoms with Crippen LogP contribution in [-0.4, -0.2) is 4.57 Å². The van der Waals surface area contributed by atoms with Crippen LogP contribution in [0.2, 0.25) is 0 Å². The smallest absolute Gasteiger partial charge is 0.0556 e. The molecule has 0 bridgehead atoms. The van der Waals surface area contributed by atoms with Gasteiger partial charge in [-0.2, -0.15) is 0 Å². The molecule has 0 N–H and O–H groups in total. The summed E-state index contributed by atoms with van der Waals surface area (Å²) in [4.78, 5) is 2.36. The third-order valence-corrected chi connectivity index (χ3v) is 15.0. The lowest BCUT2D eigenvalue weighted by Gasteiger charge is -2.26. The van der Waals surface area contributed by atoms with Gasteiger partial charge in [-0.15, -0.1) is 22.7 Å². The van der Waals surface area contributed by atoms with Crippen molar-refractivity contribution in [3.05, 3.63) is 218 Å². The summed E-state index contributed by atoms with van der Waals surface area (Å²) in [6.45, 7) is 0. The number of hydrogen-bond acceptors (Lipinski definition) is 3. The van der Waals surface area contributed by atoms with Gasteiger partial charge in [-0.25, -0.2) is 0 Å². The number of nitrogens with zero attached hydrogens (tertiary/aromatic N) is 2. The average molecular weight is 825 g/mol. The van der Waals surface area contributed by atoms with Crippen LogP contribution < -0.4 is 4.90 Å². The minimum atomic E-state index is 1.11. The Bertz CT molecular complexity index is 3710. The summed E-state index contributed by atoms with van der Waals surface area (Å²) in [7, 11) is 0. The van der Waals surface area contributed by atoms with Crippen LogP contribution in [0.5, 0.6) is 0 Å². The quantitative estimate of drug-likeness (QED) is 0.162. The van der Waals surface area contributed by atoms with E-state index in [2.05, 4.69) is 228 Å². The molecule has 3 aromatic heterocycles. The van der Waals surface area contributed by atoms with E-state index in [9.17, 15) is 0 Å². The molecule has 0 atom stereocenters. The molecule has 0 saturated carbocycles. The van der Waals surface area contributed by atoms with E-state index in [1.54, 1.807) is 0 Å². The Labute approximate surface area is 366 Å². The highest BCUT2D eigenvalue weighted by Crippen LogP contribution is 2.48. The number of benzene rings is 10. The molecule has 0 aliphatic heterocycles. The molecule has 13 rings (SSSR count). The summed E-state index contributed by atoms with van der Waals surface area (Å²) >= 11 is 3.84. The van der Waals surface area contributed by atoms with E-state index in [0.29, 0.717) is 0 Å². The van der Waals surface area contributed by atoms with Gasteiger partial charge in [0.15, 0.2) is 0 Å². The van der Waals surface area contributed by atoms with E-state index in [1.165, 1.54) is 95.2 Å². The van der Waals surface area contributed by atoms with E-state index < -0.39 is 0 Å². The van der Waals surface area contributed by atoms with Crippen LogP contribution in [0, 0.1) is 0 Å². The molecule has 0 spiro atoms. The number of anilines is 3. The molecule has 0 unspecified atom stereocenters. The van der Waals surface area contributed by atoms with Crippen molar-refractivity contribution in [1.29, 1.82) is 0 Å². The third-order valence-electron chi connectivity index (χ3n) is 12.6. The summed E-state index contributed by atoms with van der Waals surface area (Å²) in [5.41, 5.74) is 11.8. The zero-order chi connectivity index (χ0) is 40.7. The first-order valence-corrected chi connectivity index (χ1v) is 22.7. The molecular weight excluding hydrogens is 789 g/mol. The van der Waals surface area contributed by atoms with Crippen molar-refractivity contribution in [2.75, 3.05) is 4.90 Å². The highest BCUT2D eigenvalue weighted by Gasteiger charge is 2.21. The summed E-state index contributed by atoms with van der Waals surface area (Å²) in [6.07, 6.45) is 0. The van der Waals surface area contributed by atoms with Gasteiger partial charge in [0.2, 0.25) is 0 Å². The molecule has 0 fully saturated rings. The van der Waals surface area contributed by atoms with E-state index in [1.807, 2.05) is 22.7 Å². The summed E-state index contributed by atoms with van der Waals surface area (Å²) < 4.78 is 7.86. The van der Waals surface area contributed by atoms with Crippen molar-refractivity contribution in [3.8, 4) is 27.9 Å². The van der Waals surface area contributed by atoms with Crippen molar-refractivity contribution in [2.45, 2.75) is 0 Å². The van der Waals surface area contributed by atoms with Crippen molar-refractivity contribution < 1.29 is 0 Å². The van der Waals surface area contributed by atoms with Crippen LogP contribution in [0.25, 0.3) is 101 Å². The summed E-state index contributed by atoms with van der Waals surface area (Å²) in [6, 6.07) is 80.0. The zero-order valence-electron chi connectivity index (χ0n) is 33.5. The molecular formula is C58H36N2S2.